The maximum absolute atomic E-state index is 12.5. The van der Waals surface area contributed by atoms with Gasteiger partial charge < -0.3 is 50.3 Å². The zero-order valence-electron chi connectivity index (χ0n) is 27.3. The molecule has 256 valence electrons. The molecule has 17 atom stereocenters. The minimum atomic E-state index is -1.29. The summed E-state index contributed by atoms with van der Waals surface area (Å²) < 4.78 is 11.2. The average Bonchev–Trinajstić information content (AvgIpc) is 3.34. The average molecular weight is 629 g/mol. The fourth-order valence-electron chi connectivity index (χ4n) is 11.3. The van der Waals surface area contributed by atoms with Crippen LogP contribution in [0.15, 0.2) is 0 Å². The van der Waals surface area contributed by atoms with Crippen molar-refractivity contribution in [2.75, 3.05) is 13.2 Å². The number of rotatable bonds is 10. The standard InChI is InChI=1S/C34H60O10/c1-17(2)19(10-13-43-31-29(41)26(38)23(16-35)44-31)7-6-18(3)25-27(39)28(40)30-33(25,5)12-9-24-32(4)11-8-20(36)14-21(32)22(37)15-34(24,30)42/h17-31,35-42H,6-16H2,1-5H3/t18?,19?,20-,21?,22-,23?,24?,25?,26?,27+,28-,29?,30?,31?,32-,33+,34-/m0/s1. The van der Waals surface area contributed by atoms with E-state index in [1.54, 1.807) is 0 Å². The molecule has 10 nitrogen and oxygen atoms in total. The van der Waals surface area contributed by atoms with E-state index in [1.165, 1.54) is 0 Å². The van der Waals surface area contributed by atoms with Crippen LogP contribution in [0, 0.1) is 52.3 Å². The van der Waals surface area contributed by atoms with Gasteiger partial charge in [0, 0.05) is 12.3 Å². The monoisotopic (exact) mass is 628 g/mol. The van der Waals surface area contributed by atoms with Crippen LogP contribution in [0.1, 0.15) is 92.4 Å². The van der Waals surface area contributed by atoms with E-state index in [9.17, 15) is 40.9 Å². The van der Waals surface area contributed by atoms with Gasteiger partial charge in [0.15, 0.2) is 6.29 Å². The fraction of sp³-hybridized carbons (Fsp3) is 1.00. The van der Waals surface area contributed by atoms with Crippen LogP contribution in [0.3, 0.4) is 0 Å². The van der Waals surface area contributed by atoms with E-state index < -0.39 is 72.6 Å². The lowest BCUT2D eigenvalue weighted by Gasteiger charge is -2.65. The molecule has 44 heavy (non-hydrogen) atoms. The molecule has 10 heteroatoms. The summed E-state index contributed by atoms with van der Waals surface area (Å²) in [5.41, 5.74) is -2.11. The van der Waals surface area contributed by atoms with Gasteiger partial charge in [-0.3, -0.25) is 0 Å². The lowest BCUT2D eigenvalue weighted by molar-refractivity contribution is -0.264. The topological polar surface area (TPSA) is 180 Å². The van der Waals surface area contributed by atoms with Crippen molar-refractivity contribution in [1.82, 2.24) is 0 Å². The summed E-state index contributed by atoms with van der Waals surface area (Å²) in [6, 6.07) is 0. The third-order valence-electron chi connectivity index (χ3n) is 13.6. The molecule has 8 N–H and O–H groups in total. The van der Waals surface area contributed by atoms with E-state index in [2.05, 4.69) is 34.6 Å². The predicted molar refractivity (Wildman–Crippen MR) is 162 cm³/mol. The highest BCUT2D eigenvalue weighted by atomic mass is 16.7. The summed E-state index contributed by atoms with van der Waals surface area (Å²) in [5.74, 6) is -0.187. The normalized spacial score (nSPS) is 52.0. The smallest absolute Gasteiger partial charge is 0.186 e. The molecule has 0 aromatic carbocycles. The Morgan fingerprint density at radius 1 is 0.841 bits per heavy atom. The van der Waals surface area contributed by atoms with Gasteiger partial charge in [-0.1, -0.05) is 41.0 Å². The van der Waals surface area contributed by atoms with Gasteiger partial charge in [-0.25, -0.2) is 0 Å². The van der Waals surface area contributed by atoms with E-state index in [4.69, 9.17) is 9.47 Å². The minimum absolute atomic E-state index is 0.0825. The molecule has 5 fully saturated rings. The number of aliphatic hydroxyl groups excluding tert-OH is 7. The van der Waals surface area contributed by atoms with Crippen LogP contribution in [0.25, 0.3) is 0 Å². The zero-order chi connectivity index (χ0) is 32.4. The lowest BCUT2D eigenvalue weighted by Crippen LogP contribution is -2.68. The molecule has 10 unspecified atom stereocenters. The zero-order valence-corrected chi connectivity index (χ0v) is 27.3. The Labute approximate surface area is 262 Å². The molecule has 0 bridgehead atoms. The summed E-state index contributed by atoms with van der Waals surface area (Å²) in [5, 5.41) is 87.0. The summed E-state index contributed by atoms with van der Waals surface area (Å²) in [6.45, 7) is 10.7. The maximum Gasteiger partial charge on any atom is 0.186 e. The molecule has 0 amide bonds. The Morgan fingerprint density at radius 3 is 2.16 bits per heavy atom. The van der Waals surface area contributed by atoms with Crippen molar-refractivity contribution in [2.24, 2.45) is 52.3 Å². The molecule has 5 aliphatic rings. The highest BCUT2D eigenvalue weighted by Crippen LogP contribution is 2.69. The Bertz CT molecular complexity index is 982. The van der Waals surface area contributed by atoms with Crippen LogP contribution < -0.4 is 0 Å². The first-order valence-corrected chi connectivity index (χ1v) is 17.3. The first-order chi connectivity index (χ1) is 20.6. The molecular formula is C34H60O10. The van der Waals surface area contributed by atoms with Crippen molar-refractivity contribution in [3.63, 3.8) is 0 Å². The molecule has 4 aliphatic carbocycles. The van der Waals surface area contributed by atoms with Gasteiger partial charge in [0.1, 0.15) is 18.3 Å². The van der Waals surface area contributed by atoms with Gasteiger partial charge in [0.25, 0.3) is 0 Å². The van der Waals surface area contributed by atoms with E-state index in [1.807, 2.05) is 0 Å². The number of hydrogen-bond donors (Lipinski definition) is 8. The van der Waals surface area contributed by atoms with Crippen LogP contribution in [-0.4, -0.2) is 109 Å². The molecule has 4 saturated carbocycles. The highest BCUT2D eigenvalue weighted by Gasteiger charge is 2.72. The molecule has 1 saturated heterocycles. The van der Waals surface area contributed by atoms with E-state index in [0.29, 0.717) is 31.3 Å². The summed E-state index contributed by atoms with van der Waals surface area (Å²) >= 11 is 0. The number of hydrogen-bond acceptors (Lipinski definition) is 10. The molecule has 0 aromatic heterocycles. The second-order valence-corrected chi connectivity index (χ2v) is 16.3. The number of fused-ring (bicyclic) bond motifs is 5. The molecule has 1 aliphatic heterocycles. The Balaban J connectivity index is 1.25. The van der Waals surface area contributed by atoms with Crippen molar-refractivity contribution in [3.05, 3.63) is 0 Å². The van der Waals surface area contributed by atoms with E-state index in [0.717, 1.165) is 38.5 Å². The van der Waals surface area contributed by atoms with Crippen molar-refractivity contribution < 1.29 is 50.3 Å². The van der Waals surface area contributed by atoms with Gasteiger partial charge in [-0.05, 0) is 91.3 Å². The molecular weight excluding hydrogens is 568 g/mol. The number of aliphatic hydroxyl groups is 8. The minimum Gasteiger partial charge on any atom is -0.394 e. The van der Waals surface area contributed by atoms with Crippen LogP contribution in [0.2, 0.25) is 0 Å². The van der Waals surface area contributed by atoms with Crippen LogP contribution in [0.5, 0.6) is 0 Å². The summed E-state index contributed by atoms with van der Waals surface area (Å²) in [6.07, 6.45) is -1.37. The first kappa shape index (κ1) is 34.9. The third-order valence-corrected chi connectivity index (χ3v) is 13.6. The molecule has 0 spiro atoms. The second-order valence-electron chi connectivity index (χ2n) is 16.3. The fourth-order valence-corrected chi connectivity index (χ4v) is 11.3. The Hall–Kier alpha value is -0.400. The molecule has 5 rings (SSSR count). The molecule has 0 aromatic rings. The highest BCUT2D eigenvalue weighted by molar-refractivity contribution is 5.21. The Kier molecular flexibility index (Phi) is 10.2. The van der Waals surface area contributed by atoms with E-state index >= 15 is 0 Å². The first-order valence-electron chi connectivity index (χ1n) is 17.3. The van der Waals surface area contributed by atoms with Crippen molar-refractivity contribution in [2.45, 2.75) is 147 Å². The predicted octanol–water partition coefficient (Wildman–Crippen LogP) is 1.57. The van der Waals surface area contributed by atoms with Crippen molar-refractivity contribution >= 4 is 0 Å². The third kappa shape index (κ3) is 5.71. The lowest BCUT2D eigenvalue weighted by atomic mass is 9.42. The van der Waals surface area contributed by atoms with E-state index in [-0.39, 0.29) is 35.5 Å². The maximum atomic E-state index is 12.5. The van der Waals surface area contributed by atoms with Crippen molar-refractivity contribution in [3.8, 4) is 0 Å². The largest absolute Gasteiger partial charge is 0.394 e. The summed E-state index contributed by atoms with van der Waals surface area (Å²) in [4.78, 5) is 0. The molecule has 1 heterocycles. The Morgan fingerprint density at radius 2 is 1.52 bits per heavy atom. The van der Waals surface area contributed by atoms with Crippen LogP contribution in [0.4, 0.5) is 0 Å². The van der Waals surface area contributed by atoms with Crippen molar-refractivity contribution in [1.29, 1.82) is 0 Å². The van der Waals surface area contributed by atoms with Crippen LogP contribution >= 0.6 is 0 Å². The quantitative estimate of drug-likeness (QED) is 0.177. The van der Waals surface area contributed by atoms with Gasteiger partial charge >= 0.3 is 0 Å². The van der Waals surface area contributed by atoms with Gasteiger partial charge in [-0.2, -0.15) is 0 Å². The summed E-state index contributed by atoms with van der Waals surface area (Å²) in [7, 11) is 0. The van der Waals surface area contributed by atoms with Crippen LogP contribution in [-0.2, 0) is 9.47 Å². The SMILES string of the molecule is CC(C)C(CCOC1OC(CO)C(O)C1O)CCC(C)C1[C@@H](O)[C@H](O)C2[C@]1(C)CCC1[C@@]3(C)CC[C@H](O)CC3[C@@H](O)C[C@]12O. The van der Waals surface area contributed by atoms with Gasteiger partial charge in [0.2, 0.25) is 0 Å². The van der Waals surface area contributed by atoms with Gasteiger partial charge in [0.05, 0.1) is 43.2 Å². The second kappa shape index (κ2) is 12.9. The van der Waals surface area contributed by atoms with Gasteiger partial charge in [-0.15, -0.1) is 0 Å². The number of ether oxygens (including phenoxy) is 2. The molecule has 0 radical (unpaired) electrons.